The minimum Gasteiger partial charge on any atom is -0.337 e. The lowest BCUT2D eigenvalue weighted by Crippen LogP contribution is -2.22. The van der Waals surface area contributed by atoms with Gasteiger partial charge >= 0.3 is 0 Å². The lowest BCUT2D eigenvalue weighted by atomic mass is 10.1. The molecule has 8 heteroatoms. The van der Waals surface area contributed by atoms with Gasteiger partial charge < -0.3 is 4.98 Å². The number of halogens is 2. The molecule has 0 unspecified atom stereocenters. The molecule has 0 amide bonds. The van der Waals surface area contributed by atoms with E-state index in [1.165, 1.54) is 17.7 Å². The molecule has 0 spiro atoms. The van der Waals surface area contributed by atoms with Crippen LogP contribution in [0.4, 0.5) is 8.78 Å². The largest absolute Gasteiger partial charge is 0.337 e. The van der Waals surface area contributed by atoms with Crippen LogP contribution in [-0.4, -0.2) is 31.4 Å². The maximum Gasteiger partial charge on any atom is 0.169 e. The summed E-state index contributed by atoms with van der Waals surface area (Å²) in [4.78, 5) is 7.47. The Hall–Kier alpha value is -3.94. The maximum absolute atomic E-state index is 14.1. The number of hydrazone groups is 1. The molecule has 0 atom stereocenters. The number of benzene rings is 2. The highest BCUT2D eigenvalue weighted by atomic mass is 19.2. The minimum absolute atomic E-state index is 0.0905. The second-order valence-corrected chi connectivity index (χ2v) is 7.57. The molecule has 3 heterocycles. The van der Waals surface area contributed by atoms with Gasteiger partial charge in [0.2, 0.25) is 0 Å². The first-order valence-electron chi connectivity index (χ1n) is 10.3. The summed E-state index contributed by atoms with van der Waals surface area (Å²) in [5.41, 5.74) is 5.36. The van der Waals surface area contributed by atoms with Crippen molar-refractivity contribution in [2.24, 2.45) is 5.10 Å². The van der Waals surface area contributed by atoms with E-state index in [1.54, 1.807) is 11.2 Å². The molecule has 0 saturated heterocycles. The molecule has 0 bridgehead atoms. The fourth-order valence-corrected chi connectivity index (χ4v) is 3.61. The molecule has 4 aromatic rings. The van der Waals surface area contributed by atoms with Crippen LogP contribution in [0.3, 0.4) is 0 Å². The molecular formula is C24H20F2N6. The Morgan fingerprint density at radius 1 is 1.00 bits per heavy atom. The molecule has 0 aliphatic carbocycles. The summed E-state index contributed by atoms with van der Waals surface area (Å²) in [5, 5.41) is 14.9. The van der Waals surface area contributed by atoms with E-state index in [0.29, 0.717) is 24.5 Å². The van der Waals surface area contributed by atoms with E-state index < -0.39 is 11.6 Å². The molecule has 2 aromatic heterocycles. The van der Waals surface area contributed by atoms with Gasteiger partial charge in [-0.25, -0.2) is 13.8 Å². The third-order valence-corrected chi connectivity index (χ3v) is 5.42. The number of imidazole rings is 1. The van der Waals surface area contributed by atoms with E-state index in [9.17, 15) is 8.78 Å². The number of nitrogens with zero attached hydrogens (tertiary/aromatic N) is 5. The molecule has 5 rings (SSSR count). The Kier molecular flexibility index (Phi) is 5.18. The number of hydrogen-bond acceptors (Lipinski definition) is 5. The molecular weight excluding hydrogens is 410 g/mol. The number of aromatic nitrogens is 4. The summed E-state index contributed by atoms with van der Waals surface area (Å²) in [7, 11) is 0. The SMILES string of the molecule is CCc1ccc(-c2ccc(CN3Cc4nc(-c5cccc(F)c5F)[nH]c4C=N3)nn2)cc1. The predicted octanol–water partition coefficient (Wildman–Crippen LogP) is 4.72. The van der Waals surface area contributed by atoms with Gasteiger partial charge in [-0.3, -0.25) is 5.01 Å². The topological polar surface area (TPSA) is 70.1 Å². The van der Waals surface area contributed by atoms with Crippen molar-refractivity contribution in [3.8, 4) is 22.6 Å². The molecule has 160 valence electrons. The quantitative estimate of drug-likeness (QED) is 0.497. The second-order valence-electron chi connectivity index (χ2n) is 7.57. The van der Waals surface area contributed by atoms with Gasteiger partial charge in [-0.15, -0.1) is 0 Å². The van der Waals surface area contributed by atoms with E-state index in [-0.39, 0.29) is 11.4 Å². The van der Waals surface area contributed by atoms with Crippen LogP contribution in [0.15, 0.2) is 59.7 Å². The van der Waals surface area contributed by atoms with Crippen LogP contribution in [-0.2, 0) is 19.5 Å². The van der Waals surface area contributed by atoms with Gasteiger partial charge in [-0.05, 0) is 36.2 Å². The fourth-order valence-electron chi connectivity index (χ4n) is 3.61. The number of rotatable bonds is 5. The zero-order valence-corrected chi connectivity index (χ0v) is 17.4. The van der Waals surface area contributed by atoms with E-state index in [4.69, 9.17) is 0 Å². The van der Waals surface area contributed by atoms with Crippen LogP contribution in [0, 0.1) is 11.6 Å². The zero-order chi connectivity index (χ0) is 22.1. The Balaban J connectivity index is 1.29. The average Bonchev–Trinajstić information content (AvgIpc) is 3.24. The van der Waals surface area contributed by atoms with Crippen LogP contribution < -0.4 is 0 Å². The monoisotopic (exact) mass is 430 g/mol. The average molecular weight is 430 g/mol. The van der Waals surface area contributed by atoms with E-state index in [0.717, 1.165) is 29.4 Å². The smallest absolute Gasteiger partial charge is 0.169 e. The first kappa shape index (κ1) is 20.0. The molecule has 0 saturated carbocycles. The maximum atomic E-state index is 14.1. The number of hydrogen-bond donors (Lipinski definition) is 1. The van der Waals surface area contributed by atoms with Crippen molar-refractivity contribution in [1.82, 2.24) is 25.2 Å². The highest BCUT2D eigenvalue weighted by Gasteiger charge is 2.20. The van der Waals surface area contributed by atoms with Gasteiger partial charge in [0, 0.05) is 5.56 Å². The highest BCUT2D eigenvalue weighted by Crippen LogP contribution is 2.25. The second kappa shape index (κ2) is 8.30. The summed E-state index contributed by atoms with van der Waals surface area (Å²) >= 11 is 0. The summed E-state index contributed by atoms with van der Waals surface area (Å²) in [6.45, 7) is 2.99. The number of H-pyrrole nitrogens is 1. The lowest BCUT2D eigenvalue weighted by molar-refractivity contribution is 0.261. The molecule has 6 nitrogen and oxygen atoms in total. The normalized spacial score (nSPS) is 12.8. The highest BCUT2D eigenvalue weighted by molar-refractivity contribution is 5.80. The first-order valence-corrected chi connectivity index (χ1v) is 10.3. The van der Waals surface area contributed by atoms with Gasteiger partial charge in [0.05, 0.1) is 47.6 Å². The van der Waals surface area contributed by atoms with E-state index >= 15 is 0 Å². The Morgan fingerprint density at radius 3 is 2.59 bits per heavy atom. The molecule has 32 heavy (non-hydrogen) atoms. The van der Waals surface area contributed by atoms with Gasteiger partial charge in [-0.2, -0.15) is 15.3 Å². The van der Waals surface area contributed by atoms with Crippen LogP contribution in [0.25, 0.3) is 22.6 Å². The summed E-state index contributed by atoms with van der Waals surface area (Å²) < 4.78 is 27.7. The van der Waals surface area contributed by atoms with Crippen molar-refractivity contribution in [2.45, 2.75) is 26.4 Å². The van der Waals surface area contributed by atoms with Crippen molar-refractivity contribution in [1.29, 1.82) is 0 Å². The number of aromatic amines is 1. The zero-order valence-electron chi connectivity index (χ0n) is 17.4. The molecule has 1 aliphatic rings. The van der Waals surface area contributed by atoms with E-state index in [1.807, 2.05) is 12.1 Å². The van der Waals surface area contributed by atoms with Gasteiger partial charge in [0.15, 0.2) is 11.6 Å². The number of aryl methyl sites for hydroxylation is 1. The summed E-state index contributed by atoms with van der Waals surface area (Å²) in [5.74, 6) is -1.55. The third kappa shape index (κ3) is 3.87. The van der Waals surface area contributed by atoms with Gasteiger partial charge in [0.1, 0.15) is 5.82 Å². The van der Waals surface area contributed by atoms with Crippen molar-refractivity contribution in [2.75, 3.05) is 0 Å². The Morgan fingerprint density at radius 2 is 1.84 bits per heavy atom. The molecule has 1 aliphatic heterocycles. The lowest BCUT2D eigenvalue weighted by Gasteiger charge is -2.20. The minimum atomic E-state index is -0.924. The third-order valence-electron chi connectivity index (χ3n) is 5.42. The first-order chi connectivity index (χ1) is 15.6. The van der Waals surface area contributed by atoms with E-state index in [2.05, 4.69) is 56.5 Å². The Bertz CT molecular complexity index is 1280. The summed E-state index contributed by atoms with van der Waals surface area (Å²) in [6, 6.07) is 16.2. The van der Waals surface area contributed by atoms with Crippen LogP contribution in [0.2, 0.25) is 0 Å². The molecule has 0 fully saturated rings. The van der Waals surface area contributed by atoms with Crippen LogP contribution in [0.1, 0.15) is 29.6 Å². The predicted molar refractivity (Wildman–Crippen MR) is 118 cm³/mol. The van der Waals surface area contributed by atoms with Crippen molar-refractivity contribution >= 4 is 6.21 Å². The van der Waals surface area contributed by atoms with Crippen molar-refractivity contribution in [3.63, 3.8) is 0 Å². The number of fused-ring (bicyclic) bond motifs is 1. The van der Waals surface area contributed by atoms with Crippen LogP contribution >= 0.6 is 0 Å². The van der Waals surface area contributed by atoms with Gasteiger partial charge in [0.25, 0.3) is 0 Å². The standard InChI is InChI=1S/C24H20F2N6/c1-2-15-6-8-16(9-7-15)20-11-10-17(30-31-20)13-32-14-22-21(12-27-32)28-24(29-22)18-4-3-5-19(25)23(18)26/h3-12H,2,13-14H2,1H3,(H,28,29). The molecule has 1 N–H and O–H groups in total. The molecule has 0 radical (unpaired) electrons. The van der Waals surface area contributed by atoms with Gasteiger partial charge in [-0.1, -0.05) is 37.3 Å². The van der Waals surface area contributed by atoms with Crippen molar-refractivity contribution < 1.29 is 8.78 Å². The van der Waals surface area contributed by atoms with Crippen molar-refractivity contribution in [3.05, 3.63) is 88.9 Å². The number of nitrogens with one attached hydrogen (secondary N) is 1. The summed E-state index contributed by atoms with van der Waals surface area (Å²) in [6.07, 6.45) is 2.63. The Labute approximate surface area is 183 Å². The fraction of sp³-hybridized carbons (Fsp3) is 0.167. The molecule has 2 aromatic carbocycles. The van der Waals surface area contributed by atoms with Crippen LogP contribution in [0.5, 0.6) is 0 Å².